The van der Waals surface area contributed by atoms with Gasteiger partial charge in [-0.2, -0.15) is 0 Å². The van der Waals surface area contributed by atoms with Crippen LogP contribution in [0.3, 0.4) is 0 Å². The van der Waals surface area contributed by atoms with Gasteiger partial charge in [-0.3, -0.25) is 9.59 Å². The van der Waals surface area contributed by atoms with Crippen molar-refractivity contribution in [2.24, 2.45) is 0 Å². The van der Waals surface area contributed by atoms with Gasteiger partial charge in [0.05, 0.1) is 6.04 Å². The van der Waals surface area contributed by atoms with E-state index in [9.17, 15) is 9.59 Å². The second kappa shape index (κ2) is 6.15. The van der Waals surface area contributed by atoms with E-state index in [0.29, 0.717) is 13.0 Å². The molecule has 0 bridgehead atoms. The highest BCUT2D eigenvalue weighted by atomic mass is 32.1. The van der Waals surface area contributed by atoms with E-state index in [0.717, 1.165) is 25.1 Å². The molecule has 0 radical (unpaired) electrons. The summed E-state index contributed by atoms with van der Waals surface area (Å²) in [5.74, 6) is 0.156. The van der Waals surface area contributed by atoms with Gasteiger partial charge in [0.1, 0.15) is 0 Å². The first-order valence-corrected chi connectivity index (χ1v) is 8.90. The molecule has 2 aromatic heterocycles. The maximum atomic E-state index is 12.5. The SMILES string of the molecule is Cc1csc(=O)n1CCC(=O)N1CCCC1c1cccs1. The molecule has 1 aliphatic rings. The number of thiazole rings is 1. The van der Waals surface area contributed by atoms with Gasteiger partial charge in [0.15, 0.2) is 0 Å². The van der Waals surface area contributed by atoms with Crippen molar-refractivity contribution >= 4 is 28.6 Å². The first kappa shape index (κ1) is 14.5. The van der Waals surface area contributed by atoms with Gasteiger partial charge in [0.25, 0.3) is 0 Å². The van der Waals surface area contributed by atoms with Crippen LogP contribution in [0, 0.1) is 6.92 Å². The fourth-order valence-corrected chi connectivity index (χ4v) is 4.50. The zero-order valence-electron chi connectivity index (χ0n) is 11.9. The summed E-state index contributed by atoms with van der Waals surface area (Å²) < 4.78 is 1.69. The minimum absolute atomic E-state index is 0.0246. The van der Waals surface area contributed by atoms with Crippen LogP contribution in [0.25, 0.3) is 0 Å². The number of likely N-dealkylation sites (tertiary alicyclic amines) is 1. The molecule has 0 aromatic carbocycles. The van der Waals surface area contributed by atoms with Gasteiger partial charge >= 0.3 is 4.87 Å². The van der Waals surface area contributed by atoms with Crippen LogP contribution >= 0.6 is 22.7 Å². The van der Waals surface area contributed by atoms with E-state index in [1.165, 1.54) is 16.2 Å². The molecule has 3 rings (SSSR count). The maximum Gasteiger partial charge on any atom is 0.307 e. The molecule has 0 saturated carbocycles. The van der Waals surface area contributed by atoms with Gasteiger partial charge in [0.2, 0.25) is 5.91 Å². The Morgan fingerprint density at radius 1 is 1.43 bits per heavy atom. The Morgan fingerprint density at radius 3 is 2.95 bits per heavy atom. The second-order valence-electron chi connectivity index (χ2n) is 5.31. The Hall–Kier alpha value is -1.40. The van der Waals surface area contributed by atoms with Crippen molar-refractivity contribution < 1.29 is 4.79 Å². The van der Waals surface area contributed by atoms with Crippen LogP contribution in [0.4, 0.5) is 0 Å². The first-order chi connectivity index (χ1) is 10.2. The molecule has 0 N–H and O–H groups in total. The molecule has 1 unspecified atom stereocenters. The number of nitrogens with zero attached hydrogens (tertiary/aromatic N) is 2. The zero-order valence-corrected chi connectivity index (χ0v) is 13.6. The van der Waals surface area contributed by atoms with Crippen molar-refractivity contribution in [2.45, 2.75) is 38.8 Å². The van der Waals surface area contributed by atoms with Crippen molar-refractivity contribution in [1.82, 2.24) is 9.47 Å². The summed E-state index contributed by atoms with van der Waals surface area (Å²) in [6, 6.07) is 4.38. The monoisotopic (exact) mass is 322 g/mol. The van der Waals surface area contributed by atoms with E-state index in [-0.39, 0.29) is 16.8 Å². The summed E-state index contributed by atoms with van der Waals surface area (Å²) in [6.07, 6.45) is 2.51. The number of rotatable bonds is 4. The quantitative estimate of drug-likeness (QED) is 0.868. The third kappa shape index (κ3) is 2.96. The summed E-state index contributed by atoms with van der Waals surface area (Å²) >= 11 is 2.91. The molecule has 112 valence electrons. The van der Waals surface area contributed by atoms with Crippen LogP contribution in [0.5, 0.6) is 0 Å². The average molecular weight is 322 g/mol. The standard InChI is InChI=1S/C15H18N2O2S2/c1-11-10-21-15(19)16(11)8-6-14(18)17-7-2-4-12(17)13-5-3-9-20-13/h3,5,9-10,12H,2,4,6-8H2,1H3. The lowest BCUT2D eigenvalue weighted by Crippen LogP contribution is -2.31. The number of aryl methyl sites for hydroxylation is 1. The van der Waals surface area contributed by atoms with Gasteiger partial charge in [-0.25, -0.2) is 0 Å². The molecule has 0 aliphatic carbocycles. The predicted octanol–water partition coefficient (Wildman–Crippen LogP) is 3.03. The van der Waals surface area contributed by atoms with Crippen molar-refractivity contribution in [3.05, 3.63) is 43.1 Å². The highest BCUT2D eigenvalue weighted by molar-refractivity contribution is 7.10. The lowest BCUT2D eigenvalue weighted by Gasteiger charge is -2.24. The molecular weight excluding hydrogens is 304 g/mol. The van der Waals surface area contributed by atoms with E-state index in [1.807, 2.05) is 23.3 Å². The van der Waals surface area contributed by atoms with Gasteiger partial charge in [0, 0.05) is 35.5 Å². The predicted molar refractivity (Wildman–Crippen MR) is 85.9 cm³/mol. The minimum Gasteiger partial charge on any atom is -0.335 e. The Labute approximate surface area is 131 Å². The van der Waals surface area contributed by atoms with E-state index >= 15 is 0 Å². The molecule has 1 amide bonds. The van der Waals surface area contributed by atoms with E-state index < -0.39 is 0 Å². The number of amides is 1. The lowest BCUT2D eigenvalue weighted by atomic mass is 10.2. The van der Waals surface area contributed by atoms with Crippen LogP contribution in [0.1, 0.15) is 35.9 Å². The fourth-order valence-electron chi connectivity index (χ4n) is 2.87. The van der Waals surface area contributed by atoms with Crippen LogP contribution in [0.2, 0.25) is 0 Å². The number of aromatic nitrogens is 1. The van der Waals surface area contributed by atoms with E-state index in [1.54, 1.807) is 15.9 Å². The number of thiophene rings is 1. The second-order valence-corrected chi connectivity index (χ2v) is 7.11. The van der Waals surface area contributed by atoms with Crippen molar-refractivity contribution in [3.8, 4) is 0 Å². The molecule has 21 heavy (non-hydrogen) atoms. The summed E-state index contributed by atoms with van der Waals surface area (Å²) in [6.45, 7) is 3.23. The molecule has 6 heteroatoms. The molecule has 2 aromatic rings. The van der Waals surface area contributed by atoms with Crippen LogP contribution in [0.15, 0.2) is 27.7 Å². The number of carbonyl (C=O) groups is 1. The minimum atomic E-state index is 0.0246. The first-order valence-electron chi connectivity index (χ1n) is 7.14. The Balaban J connectivity index is 1.66. The topological polar surface area (TPSA) is 42.3 Å². The molecule has 3 heterocycles. The molecule has 1 aliphatic heterocycles. The largest absolute Gasteiger partial charge is 0.335 e. The molecule has 4 nitrogen and oxygen atoms in total. The Bertz CT molecular complexity index is 672. The summed E-state index contributed by atoms with van der Waals surface area (Å²) in [5.41, 5.74) is 0.939. The Morgan fingerprint density at radius 2 is 2.29 bits per heavy atom. The van der Waals surface area contributed by atoms with Gasteiger partial charge in [-0.15, -0.1) is 11.3 Å². The molecule has 1 fully saturated rings. The average Bonchev–Trinajstić information content (AvgIpc) is 3.18. The van der Waals surface area contributed by atoms with Crippen LogP contribution < -0.4 is 4.87 Å². The third-order valence-electron chi connectivity index (χ3n) is 3.97. The maximum absolute atomic E-state index is 12.5. The van der Waals surface area contributed by atoms with Gasteiger partial charge in [-0.05, 0) is 31.2 Å². The normalized spacial score (nSPS) is 18.3. The molecule has 0 spiro atoms. The number of carbonyl (C=O) groups excluding carboxylic acids is 1. The summed E-state index contributed by atoms with van der Waals surface area (Å²) in [5, 5.41) is 3.90. The van der Waals surface area contributed by atoms with Crippen LogP contribution in [-0.2, 0) is 11.3 Å². The lowest BCUT2D eigenvalue weighted by molar-refractivity contribution is -0.132. The zero-order chi connectivity index (χ0) is 14.8. The van der Waals surface area contributed by atoms with E-state index in [4.69, 9.17) is 0 Å². The van der Waals surface area contributed by atoms with Crippen molar-refractivity contribution in [1.29, 1.82) is 0 Å². The van der Waals surface area contributed by atoms with Crippen LogP contribution in [-0.4, -0.2) is 21.9 Å². The van der Waals surface area contributed by atoms with Gasteiger partial charge < -0.3 is 9.47 Å². The smallest absolute Gasteiger partial charge is 0.307 e. The molecule has 1 atom stereocenters. The van der Waals surface area contributed by atoms with Crippen molar-refractivity contribution in [3.63, 3.8) is 0 Å². The third-order valence-corrected chi connectivity index (χ3v) is 5.82. The number of hydrogen-bond acceptors (Lipinski definition) is 4. The van der Waals surface area contributed by atoms with E-state index in [2.05, 4.69) is 11.4 Å². The molecule has 1 saturated heterocycles. The van der Waals surface area contributed by atoms with Gasteiger partial charge in [-0.1, -0.05) is 17.4 Å². The fraction of sp³-hybridized carbons (Fsp3) is 0.467. The highest BCUT2D eigenvalue weighted by Gasteiger charge is 2.30. The molecular formula is C15H18N2O2S2. The summed E-state index contributed by atoms with van der Waals surface area (Å²) in [4.78, 5) is 27.4. The van der Waals surface area contributed by atoms with Crippen molar-refractivity contribution in [2.75, 3.05) is 6.54 Å². The highest BCUT2D eigenvalue weighted by Crippen LogP contribution is 2.34. The summed E-state index contributed by atoms with van der Waals surface area (Å²) in [7, 11) is 0. The number of hydrogen-bond donors (Lipinski definition) is 0. The Kier molecular flexibility index (Phi) is 4.26.